The topological polar surface area (TPSA) is 26.3 Å². The van der Waals surface area contributed by atoms with E-state index in [4.69, 9.17) is 4.74 Å². The fourth-order valence-electron chi connectivity index (χ4n) is 1.76. The number of benzene rings is 1. The second-order valence-corrected chi connectivity index (χ2v) is 4.91. The van der Waals surface area contributed by atoms with Crippen molar-refractivity contribution >= 4 is 21.9 Å². The van der Waals surface area contributed by atoms with Gasteiger partial charge < -0.3 is 4.74 Å². The van der Waals surface area contributed by atoms with Crippen LogP contribution in [-0.4, -0.2) is 12.6 Å². The molecule has 0 N–H and O–H groups in total. The van der Waals surface area contributed by atoms with Crippen LogP contribution in [0.25, 0.3) is 0 Å². The Balaban J connectivity index is 2.66. The number of hydrogen-bond acceptors (Lipinski definition) is 2. The molecule has 3 heteroatoms. The van der Waals surface area contributed by atoms with Gasteiger partial charge in [-0.2, -0.15) is 0 Å². The molecule has 0 saturated carbocycles. The van der Waals surface area contributed by atoms with E-state index in [2.05, 4.69) is 28.9 Å². The lowest BCUT2D eigenvalue weighted by atomic mass is 9.93. The third-order valence-corrected chi connectivity index (χ3v) is 3.44. The second-order valence-electron chi connectivity index (χ2n) is 4.05. The fourth-order valence-corrected chi connectivity index (χ4v) is 2.36. The molecule has 0 bridgehead atoms. The quantitative estimate of drug-likeness (QED) is 0.733. The number of esters is 1. The maximum absolute atomic E-state index is 11.6. The molecule has 0 heterocycles. The smallest absolute Gasteiger partial charge is 0.306 e. The molecule has 1 unspecified atom stereocenters. The minimum absolute atomic E-state index is 0.102. The van der Waals surface area contributed by atoms with Crippen molar-refractivity contribution in [3.8, 4) is 0 Å². The van der Waals surface area contributed by atoms with Gasteiger partial charge in [-0.1, -0.05) is 48.0 Å². The van der Waals surface area contributed by atoms with Crippen LogP contribution in [-0.2, 0) is 9.53 Å². The van der Waals surface area contributed by atoms with Crippen LogP contribution < -0.4 is 0 Å². The Bertz CT molecular complexity index is 363. The van der Waals surface area contributed by atoms with Crippen LogP contribution in [0, 0.1) is 0 Å². The van der Waals surface area contributed by atoms with Gasteiger partial charge in [0, 0.05) is 4.47 Å². The van der Waals surface area contributed by atoms with Crippen molar-refractivity contribution in [2.24, 2.45) is 0 Å². The highest BCUT2D eigenvalue weighted by Crippen LogP contribution is 2.29. The van der Waals surface area contributed by atoms with Gasteiger partial charge in [0.2, 0.25) is 0 Å². The Morgan fingerprint density at radius 1 is 1.35 bits per heavy atom. The standard InChI is InChI=1S/C14H19BrO2/c1-3-9-17-14(16)10-11(4-2)12-7-5-6-8-13(12)15/h5-8,11H,3-4,9-10H2,1-2H3. The molecule has 2 nitrogen and oxygen atoms in total. The Kier molecular flexibility index (Phi) is 6.27. The van der Waals surface area contributed by atoms with Crippen LogP contribution in [0.15, 0.2) is 28.7 Å². The highest BCUT2D eigenvalue weighted by Gasteiger charge is 2.17. The zero-order valence-electron chi connectivity index (χ0n) is 10.4. The number of carbonyl (C=O) groups excluding carboxylic acids is 1. The SMILES string of the molecule is CCCOC(=O)CC(CC)c1ccccc1Br. The van der Waals surface area contributed by atoms with Crippen molar-refractivity contribution in [2.45, 2.75) is 39.0 Å². The van der Waals surface area contributed by atoms with E-state index >= 15 is 0 Å². The Hall–Kier alpha value is -0.830. The Labute approximate surface area is 111 Å². The fraction of sp³-hybridized carbons (Fsp3) is 0.500. The molecule has 0 aliphatic carbocycles. The molecule has 0 aromatic heterocycles. The number of hydrogen-bond donors (Lipinski definition) is 0. The predicted molar refractivity (Wildman–Crippen MR) is 73.0 cm³/mol. The average molecular weight is 299 g/mol. The van der Waals surface area contributed by atoms with Gasteiger partial charge in [0.25, 0.3) is 0 Å². The van der Waals surface area contributed by atoms with Gasteiger partial charge in [0.1, 0.15) is 0 Å². The van der Waals surface area contributed by atoms with Gasteiger partial charge >= 0.3 is 5.97 Å². The molecule has 0 radical (unpaired) electrons. The van der Waals surface area contributed by atoms with Crippen LogP contribution in [0.5, 0.6) is 0 Å². The summed E-state index contributed by atoms with van der Waals surface area (Å²) in [5.41, 5.74) is 1.18. The minimum atomic E-state index is -0.102. The van der Waals surface area contributed by atoms with Crippen molar-refractivity contribution in [1.82, 2.24) is 0 Å². The first-order chi connectivity index (χ1) is 8.19. The van der Waals surface area contributed by atoms with Crippen LogP contribution in [0.4, 0.5) is 0 Å². The van der Waals surface area contributed by atoms with Crippen molar-refractivity contribution < 1.29 is 9.53 Å². The van der Waals surface area contributed by atoms with Crippen molar-refractivity contribution in [1.29, 1.82) is 0 Å². The van der Waals surface area contributed by atoms with Crippen LogP contribution in [0.2, 0.25) is 0 Å². The number of rotatable bonds is 6. The largest absolute Gasteiger partial charge is 0.466 e. The van der Waals surface area contributed by atoms with E-state index in [1.807, 2.05) is 25.1 Å². The van der Waals surface area contributed by atoms with E-state index in [0.717, 1.165) is 17.3 Å². The highest BCUT2D eigenvalue weighted by molar-refractivity contribution is 9.10. The molecule has 0 fully saturated rings. The summed E-state index contributed by atoms with van der Waals surface area (Å²) in [6.45, 7) is 4.61. The summed E-state index contributed by atoms with van der Waals surface area (Å²) in [5.74, 6) is 0.129. The molecule has 0 aliphatic heterocycles. The Morgan fingerprint density at radius 2 is 2.06 bits per heavy atom. The molecule has 0 spiro atoms. The van der Waals surface area contributed by atoms with E-state index in [0.29, 0.717) is 13.0 Å². The minimum Gasteiger partial charge on any atom is -0.466 e. The molecule has 1 atom stereocenters. The zero-order valence-corrected chi connectivity index (χ0v) is 12.0. The summed E-state index contributed by atoms with van der Waals surface area (Å²) in [6.07, 6.45) is 2.26. The van der Waals surface area contributed by atoms with E-state index < -0.39 is 0 Å². The number of halogens is 1. The molecule has 0 saturated heterocycles. The van der Waals surface area contributed by atoms with Gasteiger partial charge in [0.05, 0.1) is 13.0 Å². The summed E-state index contributed by atoms with van der Waals surface area (Å²) in [5, 5.41) is 0. The first-order valence-corrected chi connectivity index (χ1v) is 6.88. The highest BCUT2D eigenvalue weighted by atomic mass is 79.9. The third kappa shape index (κ3) is 4.50. The van der Waals surface area contributed by atoms with Gasteiger partial charge in [-0.25, -0.2) is 0 Å². The average Bonchev–Trinajstić information content (AvgIpc) is 2.34. The second kappa shape index (κ2) is 7.49. The molecule has 0 amide bonds. The molecule has 17 heavy (non-hydrogen) atoms. The van der Waals surface area contributed by atoms with Gasteiger partial charge in [0.15, 0.2) is 0 Å². The van der Waals surface area contributed by atoms with E-state index in [1.165, 1.54) is 5.56 Å². The van der Waals surface area contributed by atoms with Gasteiger partial charge in [-0.15, -0.1) is 0 Å². The van der Waals surface area contributed by atoms with Gasteiger partial charge in [-0.05, 0) is 30.4 Å². The normalized spacial score (nSPS) is 12.2. The summed E-state index contributed by atoms with van der Waals surface area (Å²) in [7, 11) is 0. The maximum atomic E-state index is 11.6. The maximum Gasteiger partial charge on any atom is 0.306 e. The van der Waals surface area contributed by atoms with Crippen molar-refractivity contribution in [3.63, 3.8) is 0 Å². The first kappa shape index (κ1) is 14.2. The monoisotopic (exact) mass is 298 g/mol. The summed E-state index contributed by atoms with van der Waals surface area (Å²) < 4.78 is 6.20. The van der Waals surface area contributed by atoms with Crippen LogP contribution in [0.3, 0.4) is 0 Å². The first-order valence-electron chi connectivity index (χ1n) is 6.09. The van der Waals surface area contributed by atoms with Crippen molar-refractivity contribution in [2.75, 3.05) is 6.61 Å². The molecular formula is C14H19BrO2. The van der Waals surface area contributed by atoms with E-state index in [-0.39, 0.29) is 11.9 Å². The molecule has 1 aromatic carbocycles. The Morgan fingerprint density at radius 3 is 2.65 bits per heavy atom. The lowest BCUT2D eigenvalue weighted by molar-refractivity contribution is -0.144. The van der Waals surface area contributed by atoms with Gasteiger partial charge in [-0.3, -0.25) is 4.79 Å². The molecule has 0 aliphatic rings. The molecule has 1 aromatic rings. The summed E-state index contributed by atoms with van der Waals surface area (Å²) in [4.78, 5) is 11.6. The third-order valence-electron chi connectivity index (χ3n) is 2.72. The summed E-state index contributed by atoms with van der Waals surface area (Å²) in [6, 6.07) is 8.05. The number of ether oxygens (including phenoxy) is 1. The lowest BCUT2D eigenvalue weighted by Gasteiger charge is -2.16. The lowest BCUT2D eigenvalue weighted by Crippen LogP contribution is -2.11. The van der Waals surface area contributed by atoms with E-state index in [9.17, 15) is 4.79 Å². The molecular weight excluding hydrogens is 280 g/mol. The van der Waals surface area contributed by atoms with Crippen molar-refractivity contribution in [3.05, 3.63) is 34.3 Å². The van der Waals surface area contributed by atoms with Crippen LogP contribution in [0.1, 0.15) is 44.6 Å². The zero-order chi connectivity index (χ0) is 12.7. The predicted octanol–water partition coefficient (Wildman–Crippen LogP) is 4.29. The van der Waals surface area contributed by atoms with E-state index in [1.54, 1.807) is 0 Å². The molecule has 94 valence electrons. The molecule has 1 rings (SSSR count). The van der Waals surface area contributed by atoms with Crippen LogP contribution >= 0.6 is 15.9 Å². The summed E-state index contributed by atoms with van der Waals surface area (Å²) >= 11 is 3.53. The number of carbonyl (C=O) groups is 1.